The van der Waals surface area contributed by atoms with Crippen LogP contribution in [-0.2, 0) is 5.88 Å². The third-order valence-electron chi connectivity index (χ3n) is 3.64. The molecule has 0 amide bonds. The number of hydrogen-bond donors (Lipinski definition) is 0. The number of halogens is 1. The second kappa shape index (κ2) is 5.58. The van der Waals surface area contributed by atoms with Gasteiger partial charge in [-0.2, -0.15) is 0 Å². The molecule has 2 heteroatoms. The minimum atomic E-state index is 0.604. The molecule has 1 aliphatic carbocycles. The zero-order valence-corrected chi connectivity index (χ0v) is 10.7. The maximum Gasteiger partial charge on any atom is 0.0494 e. The maximum absolute atomic E-state index is 5.99. The summed E-state index contributed by atoms with van der Waals surface area (Å²) in [5, 5.41) is 0. The molecule has 16 heavy (non-hydrogen) atoms. The van der Waals surface area contributed by atoms with E-state index in [0.29, 0.717) is 11.9 Å². The monoisotopic (exact) mass is 237 g/mol. The molecule has 2 rings (SSSR count). The van der Waals surface area contributed by atoms with E-state index in [4.69, 9.17) is 11.6 Å². The van der Waals surface area contributed by atoms with Crippen molar-refractivity contribution in [2.45, 2.75) is 44.0 Å². The SMILES string of the molecule is CN(c1ccccc1CCl)C1CCCCC1. The van der Waals surface area contributed by atoms with E-state index in [1.54, 1.807) is 0 Å². The second-order valence-corrected chi connectivity index (χ2v) is 4.93. The van der Waals surface area contributed by atoms with Crippen molar-refractivity contribution >= 4 is 17.3 Å². The Bertz CT molecular complexity index is 331. The number of hydrogen-bond acceptors (Lipinski definition) is 1. The fraction of sp³-hybridized carbons (Fsp3) is 0.571. The van der Waals surface area contributed by atoms with E-state index >= 15 is 0 Å². The number of para-hydroxylation sites is 1. The Morgan fingerprint density at radius 2 is 1.88 bits per heavy atom. The molecule has 0 spiro atoms. The molecule has 0 N–H and O–H groups in total. The van der Waals surface area contributed by atoms with Gasteiger partial charge in [0.25, 0.3) is 0 Å². The van der Waals surface area contributed by atoms with Gasteiger partial charge in [-0.05, 0) is 24.5 Å². The van der Waals surface area contributed by atoms with E-state index in [1.807, 2.05) is 0 Å². The highest BCUT2D eigenvalue weighted by atomic mass is 35.5. The lowest BCUT2D eigenvalue weighted by molar-refractivity contribution is 0.427. The van der Waals surface area contributed by atoms with E-state index in [0.717, 1.165) is 0 Å². The summed E-state index contributed by atoms with van der Waals surface area (Å²) < 4.78 is 0. The van der Waals surface area contributed by atoms with Crippen LogP contribution in [0.3, 0.4) is 0 Å². The summed E-state index contributed by atoms with van der Waals surface area (Å²) in [6, 6.07) is 9.19. The first-order valence-corrected chi connectivity index (χ1v) is 6.73. The molecule has 0 saturated heterocycles. The predicted molar refractivity (Wildman–Crippen MR) is 71.3 cm³/mol. The number of rotatable bonds is 3. The molecule has 1 aromatic carbocycles. The normalized spacial score (nSPS) is 17.4. The third kappa shape index (κ3) is 2.52. The first kappa shape index (κ1) is 11.8. The molecule has 1 aromatic rings. The predicted octanol–water partition coefficient (Wildman–Crippen LogP) is 4.19. The highest BCUT2D eigenvalue weighted by molar-refractivity contribution is 6.17. The summed E-state index contributed by atoms with van der Waals surface area (Å²) in [5.41, 5.74) is 2.56. The zero-order valence-electron chi connectivity index (χ0n) is 9.95. The summed E-state index contributed by atoms with van der Waals surface area (Å²) in [5.74, 6) is 0.604. The molecule has 1 nitrogen and oxygen atoms in total. The highest BCUT2D eigenvalue weighted by Crippen LogP contribution is 2.28. The molecule has 0 radical (unpaired) electrons. The van der Waals surface area contributed by atoms with Gasteiger partial charge in [0, 0.05) is 24.7 Å². The van der Waals surface area contributed by atoms with Crippen LogP contribution >= 0.6 is 11.6 Å². The average Bonchev–Trinajstić information content (AvgIpc) is 2.39. The van der Waals surface area contributed by atoms with Crippen LogP contribution in [-0.4, -0.2) is 13.1 Å². The molecule has 0 aromatic heterocycles. The van der Waals surface area contributed by atoms with Gasteiger partial charge < -0.3 is 4.90 Å². The lowest BCUT2D eigenvalue weighted by Gasteiger charge is -2.34. The van der Waals surface area contributed by atoms with Gasteiger partial charge in [0.2, 0.25) is 0 Å². The van der Waals surface area contributed by atoms with Crippen LogP contribution in [0.1, 0.15) is 37.7 Å². The van der Waals surface area contributed by atoms with E-state index in [-0.39, 0.29) is 0 Å². The molecule has 0 bridgehead atoms. The van der Waals surface area contributed by atoms with Crippen LogP contribution in [0, 0.1) is 0 Å². The molecular weight excluding hydrogens is 218 g/mol. The van der Waals surface area contributed by atoms with Gasteiger partial charge in [0.05, 0.1) is 0 Å². The van der Waals surface area contributed by atoms with Crippen molar-refractivity contribution in [1.82, 2.24) is 0 Å². The number of anilines is 1. The molecule has 1 saturated carbocycles. The molecule has 88 valence electrons. The fourth-order valence-corrected chi connectivity index (χ4v) is 2.86. The van der Waals surface area contributed by atoms with Crippen molar-refractivity contribution in [1.29, 1.82) is 0 Å². The molecule has 1 aliphatic rings. The summed E-state index contributed by atoms with van der Waals surface area (Å²) in [7, 11) is 2.21. The van der Waals surface area contributed by atoms with Crippen LogP contribution in [0.25, 0.3) is 0 Å². The summed E-state index contributed by atoms with van der Waals surface area (Å²) >= 11 is 5.99. The van der Waals surface area contributed by atoms with Crippen LogP contribution < -0.4 is 4.90 Å². The summed E-state index contributed by atoms with van der Waals surface area (Å²) in [6.07, 6.45) is 6.80. The quantitative estimate of drug-likeness (QED) is 0.713. The van der Waals surface area contributed by atoms with Gasteiger partial charge in [-0.1, -0.05) is 37.5 Å². The van der Waals surface area contributed by atoms with Gasteiger partial charge in [0.15, 0.2) is 0 Å². The number of nitrogens with zero attached hydrogens (tertiary/aromatic N) is 1. The van der Waals surface area contributed by atoms with Crippen LogP contribution in [0.15, 0.2) is 24.3 Å². The zero-order chi connectivity index (χ0) is 11.4. The Labute approximate surface area is 103 Å². The molecule has 0 aliphatic heterocycles. The van der Waals surface area contributed by atoms with Gasteiger partial charge in [-0.15, -0.1) is 11.6 Å². The van der Waals surface area contributed by atoms with Crippen LogP contribution in [0.5, 0.6) is 0 Å². The van der Waals surface area contributed by atoms with Crippen molar-refractivity contribution in [3.63, 3.8) is 0 Å². The topological polar surface area (TPSA) is 3.24 Å². The first-order valence-electron chi connectivity index (χ1n) is 6.19. The Hall–Kier alpha value is -0.690. The van der Waals surface area contributed by atoms with Gasteiger partial charge in [-0.3, -0.25) is 0 Å². The fourth-order valence-electron chi connectivity index (χ4n) is 2.63. The molecule has 0 atom stereocenters. The van der Waals surface area contributed by atoms with Crippen molar-refractivity contribution in [3.8, 4) is 0 Å². The Balaban J connectivity index is 2.15. The van der Waals surface area contributed by atoms with Crippen molar-refractivity contribution < 1.29 is 0 Å². The highest BCUT2D eigenvalue weighted by Gasteiger charge is 2.19. The lowest BCUT2D eigenvalue weighted by Crippen LogP contribution is -2.33. The average molecular weight is 238 g/mol. The van der Waals surface area contributed by atoms with E-state index in [1.165, 1.54) is 43.4 Å². The summed E-state index contributed by atoms with van der Waals surface area (Å²) in [6.45, 7) is 0. The largest absolute Gasteiger partial charge is 0.371 e. The van der Waals surface area contributed by atoms with E-state index in [9.17, 15) is 0 Å². The Kier molecular flexibility index (Phi) is 4.11. The molecule has 1 fully saturated rings. The van der Waals surface area contributed by atoms with Crippen molar-refractivity contribution in [3.05, 3.63) is 29.8 Å². The van der Waals surface area contributed by atoms with Gasteiger partial charge in [-0.25, -0.2) is 0 Å². The smallest absolute Gasteiger partial charge is 0.0494 e. The van der Waals surface area contributed by atoms with Crippen LogP contribution in [0.4, 0.5) is 5.69 Å². The van der Waals surface area contributed by atoms with Crippen molar-refractivity contribution in [2.24, 2.45) is 0 Å². The van der Waals surface area contributed by atoms with Crippen molar-refractivity contribution in [2.75, 3.05) is 11.9 Å². The second-order valence-electron chi connectivity index (χ2n) is 4.67. The standard InChI is InChI=1S/C14H20ClN/c1-16(13-8-3-2-4-9-13)14-10-6-5-7-12(14)11-15/h5-7,10,13H,2-4,8-9,11H2,1H3. The third-order valence-corrected chi connectivity index (χ3v) is 3.93. The molecular formula is C14H20ClN. The Morgan fingerprint density at radius 3 is 2.56 bits per heavy atom. The number of alkyl halides is 1. The minimum absolute atomic E-state index is 0.604. The van der Waals surface area contributed by atoms with E-state index in [2.05, 4.69) is 36.2 Å². The van der Waals surface area contributed by atoms with Crippen LogP contribution in [0.2, 0.25) is 0 Å². The van der Waals surface area contributed by atoms with Gasteiger partial charge >= 0.3 is 0 Å². The first-order chi connectivity index (χ1) is 7.83. The van der Waals surface area contributed by atoms with Gasteiger partial charge in [0.1, 0.15) is 0 Å². The lowest BCUT2D eigenvalue weighted by atomic mass is 9.94. The minimum Gasteiger partial charge on any atom is -0.371 e. The summed E-state index contributed by atoms with van der Waals surface area (Å²) in [4.78, 5) is 2.43. The van der Waals surface area contributed by atoms with E-state index < -0.39 is 0 Å². The Morgan fingerprint density at radius 1 is 1.19 bits per heavy atom. The molecule has 0 unspecified atom stereocenters. The molecule has 0 heterocycles. The maximum atomic E-state index is 5.99. The number of benzene rings is 1.